The molecule has 0 saturated carbocycles. The van der Waals surface area contributed by atoms with E-state index in [1.165, 1.54) is 0 Å². The van der Waals surface area contributed by atoms with Crippen molar-refractivity contribution in [3.8, 4) is 0 Å². The maximum Gasteiger partial charge on any atom is 0.508 e. The third-order valence-corrected chi connectivity index (χ3v) is 4.12. The smallest absolute Gasteiger partial charge is 0.432 e. The van der Waals surface area contributed by atoms with Crippen molar-refractivity contribution in [3.63, 3.8) is 0 Å². The molecule has 2 unspecified atom stereocenters. The Morgan fingerprint density at radius 3 is 2.83 bits per heavy atom. The highest BCUT2D eigenvalue weighted by atomic mass is 32.2. The van der Waals surface area contributed by atoms with Crippen LogP contribution in [0.3, 0.4) is 0 Å². The molecule has 0 bridgehead atoms. The summed E-state index contributed by atoms with van der Waals surface area (Å²) in [6, 6.07) is 0. The Bertz CT molecular complexity index is 382. The number of β-lactam (4-membered cyclic amide) rings is 1. The molecule has 0 N–H and O–H groups in total. The summed E-state index contributed by atoms with van der Waals surface area (Å²) in [5, 5.41) is 0.0874. The molecule has 0 spiro atoms. The molecule has 2 heterocycles. The third kappa shape index (κ3) is 2.48. The summed E-state index contributed by atoms with van der Waals surface area (Å²) in [4.78, 5) is 24.9. The number of hydrogen-bond donors (Lipinski definition) is 0. The van der Waals surface area contributed by atoms with Gasteiger partial charge in [-0.3, -0.25) is 4.79 Å². The summed E-state index contributed by atoms with van der Waals surface area (Å²) < 4.78 is 10.0. The molecule has 1 fully saturated rings. The molecule has 0 aromatic rings. The Morgan fingerprint density at radius 1 is 1.44 bits per heavy atom. The third-order valence-electron chi connectivity index (χ3n) is 2.87. The second kappa shape index (κ2) is 5.22. The second-order valence-corrected chi connectivity index (χ2v) is 5.77. The molecule has 1 amide bonds. The van der Waals surface area contributed by atoms with E-state index in [4.69, 9.17) is 9.47 Å². The fourth-order valence-corrected chi connectivity index (χ4v) is 3.32. The Balaban J connectivity index is 1.90. The van der Waals surface area contributed by atoms with Gasteiger partial charge in [0, 0.05) is 12.0 Å². The van der Waals surface area contributed by atoms with Crippen molar-refractivity contribution < 1.29 is 19.1 Å². The van der Waals surface area contributed by atoms with E-state index in [1.54, 1.807) is 43.6 Å². The van der Waals surface area contributed by atoms with Crippen LogP contribution >= 0.6 is 11.8 Å². The number of carbonyl (C=O) groups excluding carboxylic acids is 2. The molecular formula is C12H17NO4S. The standard InChI is InChI=1S/C12H17NO4S/c1-7(2)16-12(15)17-8(3)9-10(14)13-5-4-6-18-11(9)13/h4-5,7-9,11H,6H2,1-3H3/t8?,9?,11-/m0/s1. The summed E-state index contributed by atoms with van der Waals surface area (Å²) >= 11 is 1.68. The highest BCUT2D eigenvalue weighted by molar-refractivity contribution is 8.00. The predicted molar refractivity (Wildman–Crippen MR) is 67.9 cm³/mol. The number of fused-ring (bicyclic) bond motifs is 1. The molecule has 1 saturated heterocycles. The highest BCUT2D eigenvalue weighted by Gasteiger charge is 2.51. The summed E-state index contributed by atoms with van der Waals surface area (Å²) in [7, 11) is 0. The minimum Gasteiger partial charge on any atom is -0.432 e. The molecule has 100 valence electrons. The van der Waals surface area contributed by atoms with Crippen molar-refractivity contribution in [1.29, 1.82) is 0 Å². The van der Waals surface area contributed by atoms with Gasteiger partial charge >= 0.3 is 6.16 Å². The molecule has 5 nitrogen and oxygen atoms in total. The molecule has 6 heteroatoms. The zero-order chi connectivity index (χ0) is 13.3. The van der Waals surface area contributed by atoms with Gasteiger partial charge < -0.3 is 14.4 Å². The van der Waals surface area contributed by atoms with Crippen molar-refractivity contribution in [2.24, 2.45) is 5.92 Å². The van der Waals surface area contributed by atoms with E-state index in [1.807, 2.05) is 6.08 Å². The van der Waals surface area contributed by atoms with Crippen LogP contribution in [0.15, 0.2) is 12.3 Å². The molecule has 0 aliphatic carbocycles. The Labute approximate surface area is 110 Å². The fraction of sp³-hybridized carbons (Fsp3) is 0.667. The molecular weight excluding hydrogens is 254 g/mol. The van der Waals surface area contributed by atoms with Crippen LogP contribution in [-0.2, 0) is 14.3 Å². The first-order valence-electron chi connectivity index (χ1n) is 5.98. The molecule has 2 aliphatic rings. The number of amides is 1. The van der Waals surface area contributed by atoms with Crippen LogP contribution in [0, 0.1) is 5.92 Å². The normalized spacial score (nSPS) is 27.6. The molecule has 18 heavy (non-hydrogen) atoms. The number of nitrogens with zero attached hydrogens (tertiary/aromatic N) is 1. The zero-order valence-corrected chi connectivity index (χ0v) is 11.5. The van der Waals surface area contributed by atoms with Gasteiger partial charge in [-0.2, -0.15) is 0 Å². The van der Waals surface area contributed by atoms with E-state index in [2.05, 4.69) is 0 Å². The van der Waals surface area contributed by atoms with Gasteiger partial charge in [0.2, 0.25) is 5.91 Å². The van der Waals surface area contributed by atoms with Gasteiger partial charge in [-0.15, -0.1) is 11.8 Å². The number of hydrogen-bond acceptors (Lipinski definition) is 5. The Morgan fingerprint density at radius 2 is 2.17 bits per heavy atom. The first-order chi connectivity index (χ1) is 8.50. The first-order valence-corrected chi connectivity index (χ1v) is 7.03. The van der Waals surface area contributed by atoms with Gasteiger partial charge in [0.05, 0.1) is 11.5 Å². The number of thioether (sulfide) groups is 1. The van der Waals surface area contributed by atoms with Crippen LogP contribution in [0.1, 0.15) is 20.8 Å². The summed E-state index contributed by atoms with van der Waals surface area (Å²) in [5.41, 5.74) is 0. The topological polar surface area (TPSA) is 55.8 Å². The minimum atomic E-state index is -0.708. The number of rotatable bonds is 3. The summed E-state index contributed by atoms with van der Waals surface area (Å²) in [6.45, 7) is 5.24. The lowest BCUT2D eigenvalue weighted by Gasteiger charge is -2.48. The van der Waals surface area contributed by atoms with E-state index in [0.717, 1.165) is 5.75 Å². The highest BCUT2D eigenvalue weighted by Crippen LogP contribution is 2.40. The van der Waals surface area contributed by atoms with Gasteiger partial charge in [0.1, 0.15) is 12.0 Å². The quantitative estimate of drug-likeness (QED) is 0.580. The van der Waals surface area contributed by atoms with E-state index >= 15 is 0 Å². The van der Waals surface area contributed by atoms with Crippen molar-refractivity contribution in [2.45, 2.75) is 38.4 Å². The summed E-state index contributed by atoms with van der Waals surface area (Å²) in [5.74, 6) is 0.627. The maximum atomic E-state index is 11.9. The van der Waals surface area contributed by atoms with Crippen LogP contribution in [0.5, 0.6) is 0 Å². The van der Waals surface area contributed by atoms with Crippen molar-refractivity contribution >= 4 is 23.8 Å². The average Bonchev–Trinajstić information content (AvgIpc) is 2.26. The Hall–Kier alpha value is -1.17. The molecule has 3 atom stereocenters. The maximum absolute atomic E-state index is 11.9. The van der Waals surface area contributed by atoms with E-state index < -0.39 is 12.3 Å². The lowest BCUT2D eigenvalue weighted by molar-refractivity contribution is -0.152. The van der Waals surface area contributed by atoms with Gasteiger partial charge in [0.25, 0.3) is 0 Å². The molecule has 2 aliphatic heterocycles. The van der Waals surface area contributed by atoms with E-state index in [9.17, 15) is 9.59 Å². The van der Waals surface area contributed by atoms with Gasteiger partial charge in [-0.1, -0.05) is 6.08 Å². The van der Waals surface area contributed by atoms with Gasteiger partial charge in [-0.05, 0) is 20.8 Å². The average molecular weight is 271 g/mol. The van der Waals surface area contributed by atoms with Gasteiger partial charge in [0.15, 0.2) is 0 Å². The molecule has 0 aromatic carbocycles. The SMILES string of the molecule is CC(C)OC(=O)OC(C)C1C(=O)N2C=CCS[C@@H]12. The van der Waals surface area contributed by atoms with Crippen LogP contribution in [0.25, 0.3) is 0 Å². The lowest BCUT2D eigenvalue weighted by Crippen LogP contribution is -2.61. The van der Waals surface area contributed by atoms with Crippen molar-refractivity contribution in [1.82, 2.24) is 4.90 Å². The number of ether oxygens (including phenoxy) is 2. The first kappa shape index (κ1) is 13.3. The number of carbonyl (C=O) groups is 2. The predicted octanol–water partition coefficient (Wildman–Crippen LogP) is 1.98. The van der Waals surface area contributed by atoms with Crippen LogP contribution in [0.2, 0.25) is 0 Å². The summed E-state index contributed by atoms with van der Waals surface area (Å²) in [6.07, 6.45) is 2.38. The largest absolute Gasteiger partial charge is 0.508 e. The minimum absolute atomic E-state index is 0.00768. The second-order valence-electron chi connectivity index (χ2n) is 4.62. The molecule has 0 radical (unpaired) electrons. The van der Waals surface area contributed by atoms with Crippen molar-refractivity contribution in [2.75, 3.05) is 5.75 Å². The van der Waals surface area contributed by atoms with E-state index in [-0.39, 0.29) is 23.3 Å². The van der Waals surface area contributed by atoms with Crippen LogP contribution in [0.4, 0.5) is 4.79 Å². The van der Waals surface area contributed by atoms with Gasteiger partial charge in [-0.25, -0.2) is 4.79 Å². The fourth-order valence-electron chi connectivity index (χ4n) is 2.04. The molecule has 0 aromatic heterocycles. The van der Waals surface area contributed by atoms with Crippen molar-refractivity contribution in [3.05, 3.63) is 12.3 Å². The van der Waals surface area contributed by atoms with Crippen LogP contribution < -0.4 is 0 Å². The monoisotopic (exact) mass is 271 g/mol. The van der Waals surface area contributed by atoms with E-state index in [0.29, 0.717) is 0 Å². The Kier molecular flexibility index (Phi) is 3.85. The van der Waals surface area contributed by atoms with Crippen LogP contribution in [-0.4, -0.2) is 40.3 Å². The molecule has 2 rings (SSSR count). The zero-order valence-electron chi connectivity index (χ0n) is 10.7. The lowest BCUT2D eigenvalue weighted by atomic mass is 9.93.